The Labute approximate surface area is 156 Å². The lowest BCUT2D eigenvalue weighted by Crippen LogP contribution is -2.42. The zero-order valence-corrected chi connectivity index (χ0v) is 14.8. The highest BCUT2D eigenvalue weighted by Gasteiger charge is 2.31. The number of alkyl halides is 3. The van der Waals surface area contributed by atoms with Gasteiger partial charge in [0, 0.05) is 24.0 Å². The molecule has 0 atom stereocenters. The van der Waals surface area contributed by atoms with Crippen molar-refractivity contribution in [3.05, 3.63) is 35.2 Å². The fourth-order valence-corrected chi connectivity index (χ4v) is 3.53. The number of carboxylic acid groups (broad SMARTS) is 1. The van der Waals surface area contributed by atoms with Crippen molar-refractivity contribution >= 4 is 28.5 Å². The third-order valence-corrected chi connectivity index (χ3v) is 5.09. The van der Waals surface area contributed by atoms with E-state index in [0.717, 1.165) is 23.5 Å². The highest BCUT2D eigenvalue weighted by Crippen LogP contribution is 2.33. The van der Waals surface area contributed by atoms with Crippen LogP contribution in [-0.4, -0.2) is 40.1 Å². The average Bonchev–Trinajstić information content (AvgIpc) is 3.09. The van der Waals surface area contributed by atoms with Crippen LogP contribution < -0.4 is 5.32 Å². The average molecular weight is 399 g/mol. The summed E-state index contributed by atoms with van der Waals surface area (Å²) in [6, 6.07) is 4.43. The molecule has 144 valence electrons. The van der Waals surface area contributed by atoms with Crippen molar-refractivity contribution in [3.63, 3.8) is 0 Å². The van der Waals surface area contributed by atoms with Crippen LogP contribution >= 0.6 is 11.3 Å². The normalized spacial score (nSPS) is 15.6. The third-order valence-electron chi connectivity index (χ3n) is 4.34. The molecule has 2 aromatic rings. The first-order valence-electron chi connectivity index (χ1n) is 8.16. The summed E-state index contributed by atoms with van der Waals surface area (Å²) < 4.78 is 38.5. The van der Waals surface area contributed by atoms with Gasteiger partial charge in [-0.25, -0.2) is 9.78 Å². The van der Waals surface area contributed by atoms with E-state index in [9.17, 15) is 22.8 Å². The number of anilines is 1. The number of likely N-dealkylation sites (tertiary alicyclic amines) is 1. The van der Waals surface area contributed by atoms with E-state index >= 15 is 0 Å². The molecule has 1 fully saturated rings. The fraction of sp³-hybridized carbons (Fsp3) is 0.353. The van der Waals surface area contributed by atoms with Crippen molar-refractivity contribution in [1.29, 1.82) is 0 Å². The monoisotopic (exact) mass is 399 g/mol. The molecule has 10 heteroatoms. The fourth-order valence-electron chi connectivity index (χ4n) is 2.82. The summed E-state index contributed by atoms with van der Waals surface area (Å²) in [5.41, 5.74) is -0.116. The van der Waals surface area contributed by atoms with Gasteiger partial charge in [0.1, 0.15) is 0 Å². The number of piperidine rings is 1. The maximum absolute atomic E-state index is 12.8. The Balaban J connectivity index is 1.65. The zero-order chi connectivity index (χ0) is 19.6. The standard InChI is InChI=1S/C17H16F3N3O3S/c18-17(19,20)12-3-1-2-11(8-12)13-9-27-15(21-13)22-16(26)23-6-4-10(5-7-23)14(24)25/h1-3,8-10H,4-7H2,(H,24,25)(H,21,22,26). The van der Waals surface area contributed by atoms with Crippen LogP contribution in [0, 0.1) is 5.92 Å². The minimum Gasteiger partial charge on any atom is -0.481 e. The number of aromatic nitrogens is 1. The highest BCUT2D eigenvalue weighted by molar-refractivity contribution is 7.14. The summed E-state index contributed by atoms with van der Waals surface area (Å²) in [6.45, 7) is 0.656. The number of benzene rings is 1. The van der Waals surface area contributed by atoms with Gasteiger partial charge in [0.2, 0.25) is 0 Å². The summed E-state index contributed by atoms with van der Waals surface area (Å²) >= 11 is 1.11. The van der Waals surface area contributed by atoms with E-state index in [1.807, 2.05) is 0 Å². The number of aliphatic carboxylic acids is 1. The van der Waals surface area contributed by atoms with Crippen molar-refractivity contribution < 1.29 is 27.9 Å². The lowest BCUT2D eigenvalue weighted by molar-refractivity contribution is -0.143. The van der Waals surface area contributed by atoms with Crippen molar-refractivity contribution in [1.82, 2.24) is 9.88 Å². The van der Waals surface area contributed by atoms with E-state index in [4.69, 9.17) is 5.11 Å². The molecule has 2 heterocycles. The van der Waals surface area contributed by atoms with Crippen LogP contribution in [0.25, 0.3) is 11.3 Å². The van der Waals surface area contributed by atoms with Gasteiger partial charge in [-0.2, -0.15) is 13.2 Å². The number of carbonyl (C=O) groups is 2. The Kier molecular flexibility index (Phi) is 5.36. The van der Waals surface area contributed by atoms with Gasteiger partial charge >= 0.3 is 18.2 Å². The predicted octanol–water partition coefficient (Wildman–Crippen LogP) is 4.16. The van der Waals surface area contributed by atoms with Crippen LogP contribution in [0.3, 0.4) is 0 Å². The number of hydrogen-bond donors (Lipinski definition) is 2. The summed E-state index contributed by atoms with van der Waals surface area (Å²) in [7, 11) is 0. The number of rotatable bonds is 3. The molecule has 2 amide bonds. The van der Waals surface area contributed by atoms with E-state index in [1.165, 1.54) is 17.0 Å². The van der Waals surface area contributed by atoms with Crippen LogP contribution in [0.2, 0.25) is 0 Å². The van der Waals surface area contributed by atoms with Gasteiger partial charge in [-0.1, -0.05) is 12.1 Å². The number of carboxylic acids is 1. The molecule has 0 bridgehead atoms. The molecular weight excluding hydrogens is 383 g/mol. The second-order valence-electron chi connectivity index (χ2n) is 6.15. The lowest BCUT2D eigenvalue weighted by atomic mass is 9.97. The van der Waals surface area contributed by atoms with Gasteiger partial charge in [0.25, 0.3) is 0 Å². The smallest absolute Gasteiger partial charge is 0.416 e. The highest BCUT2D eigenvalue weighted by atomic mass is 32.1. The number of urea groups is 1. The first-order valence-corrected chi connectivity index (χ1v) is 9.04. The number of thiazole rings is 1. The molecule has 1 aliphatic heterocycles. The Hall–Kier alpha value is -2.62. The summed E-state index contributed by atoms with van der Waals surface area (Å²) in [5, 5.41) is 13.4. The van der Waals surface area contributed by atoms with E-state index < -0.39 is 29.7 Å². The van der Waals surface area contributed by atoms with E-state index in [2.05, 4.69) is 10.3 Å². The Morgan fingerprint density at radius 2 is 1.96 bits per heavy atom. The Bertz CT molecular complexity index is 845. The summed E-state index contributed by atoms with van der Waals surface area (Å²) in [4.78, 5) is 28.9. The van der Waals surface area contributed by atoms with Gasteiger partial charge in [-0.05, 0) is 25.0 Å². The molecular formula is C17H16F3N3O3S. The molecule has 1 aromatic carbocycles. The van der Waals surface area contributed by atoms with Gasteiger partial charge in [-0.15, -0.1) is 11.3 Å². The molecule has 0 unspecified atom stereocenters. The summed E-state index contributed by atoms with van der Waals surface area (Å²) in [5.74, 6) is -1.30. The van der Waals surface area contributed by atoms with Gasteiger partial charge in [-0.3, -0.25) is 10.1 Å². The van der Waals surface area contributed by atoms with Crippen LogP contribution in [0.15, 0.2) is 29.6 Å². The van der Waals surface area contributed by atoms with Crippen LogP contribution in [0.5, 0.6) is 0 Å². The third kappa shape index (κ3) is 4.57. The van der Waals surface area contributed by atoms with E-state index in [0.29, 0.717) is 37.2 Å². The molecule has 0 spiro atoms. The first-order chi connectivity index (χ1) is 12.7. The maximum Gasteiger partial charge on any atom is 0.416 e. The number of nitrogens with one attached hydrogen (secondary N) is 1. The van der Waals surface area contributed by atoms with Crippen LogP contribution in [-0.2, 0) is 11.0 Å². The van der Waals surface area contributed by atoms with Gasteiger partial charge < -0.3 is 10.0 Å². The molecule has 0 aliphatic carbocycles. The number of halogens is 3. The second-order valence-corrected chi connectivity index (χ2v) is 7.00. The molecule has 1 aromatic heterocycles. The molecule has 0 radical (unpaired) electrons. The molecule has 1 aliphatic rings. The van der Waals surface area contributed by atoms with Crippen molar-refractivity contribution in [3.8, 4) is 11.3 Å². The SMILES string of the molecule is O=C(O)C1CCN(C(=O)Nc2nc(-c3cccc(C(F)(F)F)c3)cs2)CC1. The van der Waals surface area contributed by atoms with Gasteiger partial charge in [0.15, 0.2) is 5.13 Å². The van der Waals surface area contributed by atoms with E-state index in [-0.39, 0.29) is 5.13 Å². The summed E-state index contributed by atoms with van der Waals surface area (Å²) in [6.07, 6.45) is -3.67. The van der Waals surface area contributed by atoms with E-state index in [1.54, 1.807) is 5.38 Å². The molecule has 0 saturated carbocycles. The minimum atomic E-state index is -4.44. The lowest BCUT2D eigenvalue weighted by Gasteiger charge is -2.29. The van der Waals surface area contributed by atoms with Crippen LogP contribution in [0.4, 0.5) is 23.1 Å². The topological polar surface area (TPSA) is 82.5 Å². The first kappa shape index (κ1) is 19.2. The van der Waals surface area contributed by atoms with Gasteiger partial charge in [0.05, 0.1) is 17.2 Å². The molecule has 6 nitrogen and oxygen atoms in total. The zero-order valence-electron chi connectivity index (χ0n) is 14.0. The molecule has 3 rings (SSSR count). The van der Waals surface area contributed by atoms with Crippen molar-refractivity contribution in [2.75, 3.05) is 18.4 Å². The maximum atomic E-state index is 12.8. The number of carbonyl (C=O) groups excluding carboxylic acids is 1. The molecule has 1 saturated heterocycles. The second kappa shape index (κ2) is 7.55. The largest absolute Gasteiger partial charge is 0.481 e. The molecule has 27 heavy (non-hydrogen) atoms. The quantitative estimate of drug-likeness (QED) is 0.812. The minimum absolute atomic E-state index is 0.271. The number of nitrogens with zero attached hydrogens (tertiary/aromatic N) is 2. The van der Waals surface area contributed by atoms with Crippen LogP contribution in [0.1, 0.15) is 18.4 Å². The molecule has 2 N–H and O–H groups in total. The predicted molar refractivity (Wildman–Crippen MR) is 93.5 cm³/mol. The Morgan fingerprint density at radius 3 is 2.59 bits per heavy atom. The Morgan fingerprint density at radius 1 is 1.26 bits per heavy atom. The van der Waals surface area contributed by atoms with Crippen molar-refractivity contribution in [2.24, 2.45) is 5.92 Å². The number of amides is 2. The number of hydrogen-bond acceptors (Lipinski definition) is 4. The van der Waals surface area contributed by atoms with Crippen molar-refractivity contribution in [2.45, 2.75) is 19.0 Å².